The minimum Gasteiger partial charge on any atom is -0.376 e. The number of aromatic nitrogens is 2. The molecule has 2 N–H and O–H groups in total. The first-order chi connectivity index (χ1) is 9.81. The number of hydrogen-bond acceptors (Lipinski definition) is 5. The molecule has 1 aliphatic carbocycles. The molecule has 2 rings (SSSR count). The monoisotopic (exact) mass is 292 g/mol. The first-order valence-electron chi connectivity index (χ1n) is 7.67. The van der Waals surface area contributed by atoms with Crippen LogP contribution in [0.5, 0.6) is 0 Å². The maximum atomic E-state index is 5.67. The molecule has 118 valence electrons. The Hall–Kier alpha value is -1.36. The summed E-state index contributed by atoms with van der Waals surface area (Å²) in [5.41, 5.74) is 0.959. The summed E-state index contributed by atoms with van der Waals surface area (Å²) in [4.78, 5) is 9.36. The Bertz CT molecular complexity index is 498. The molecule has 1 aliphatic rings. The van der Waals surface area contributed by atoms with Crippen LogP contribution >= 0.6 is 0 Å². The van der Waals surface area contributed by atoms with Crippen molar-refractivity contribution in [1.82, 2.24) is 9.97 Å². The lowest BCUT2D eigenvalue weighted by Crippen LogP contribution is -2.45. The van der Waals surface area contributed by atoms with Gasteiger partial charge in [-0.05, 0) is 26.2 Å². The smallest absolute Gasteiger partial charge is 0.138 e. The Balaban J connectivity index is 2.25. The molecule has 0 unspecified atom stereocenters. The fourth-order valence-electron chi connectivity index (χ4n) is 2.54. The first-order valence-corrected chi connectivity index (χ1v) is 7.67. The molecule has 1 heterocycles. The van der Waals surface area contributed by atoms with E-state index in [4.69, 9.17) is 9.72 Å². The third-order valence-corrected chi connectivity index (χ3v) is 4.33. The highest BCUT2D eigenvalue weighted by atomic mass is 16.5. The fraction of sp³-hybridized carbons (Fsp3) is 0.750. The second kappa shape index (κ2) is 5.79. The third kappa shape index (κ3) is 3.28. The van der Waals surface area contributed by atoms with Gasteiger partial charge in [-0.15, -0.1) is 0 Å². The van der Waals surface area contributed by atoms with Crippen molar-refractivity contribution in [3.63, 3.8) is 0 Å². The van der Waals surface area contributed by atoms with Crippen LogP contribution < -0.4 is 10.6 Å². The highest BCUT2D eigenvalue weighted by Crippen LogP contribution is 2.35. The van der Waals surface area contributed by atoms with Gasteiger partial charge in [-0.3, -0.25) is 0 Å². The molecule has 0 aromatic carbocycles. The highest BCUT2D eigenvalue weighted by Gasteiger charge is 2.37. The summed E-state index contributed by atoms with van der Waals surface area (Å²) < 4.78 is 5.67. The molecular formula is C16H28N4O. The number of methoxy groups -OCH3 is 1. The van der Waals surface area contributed by atoms with E-state index in [0.717, 1.165) is 42.4 Å². The number of nitrogens with zero attached hydrogens (tertiary/aromatic N) is 2. The topological polar surface area (TPSA) is 59.1 Å². The van der Waals surface area contributed by atoms with E-state index >= 15 is 0 Å². The summed E-state index contributed by atoms with van der Waals surface area (Å²) in [5, 5.41) is 6.64. The molecule has 5 heteroatoms. The zero-order valence-corrected chi connectivity index (χ0v) is 14.1. The van der Waals surface area contributed by atoms with Crippen LogP contribution in [0.25, 0.3) is 0 Å². The Morgan fingerprint density at radius 1 is 1.19 bits per heavy atom. The molecule has 0 atom stereocenters. The van der Waals surface area contributed by atoms with Gasteiger partial charge < -0.3 is 15.4 Å². The zero-order chi connectivity index (χ0) is 15.7. The van der Waals surface area contributed by atoms with Crippen molar-refractivity contribution in [2.24, 2.45) is 0 Å². The number of hydrogen-bond donors (Lipinski definition) is 2. The van der Waals surface area contributed by atoms with Crippen molar-refractivity contribution in [2.75, 3.05) is 31.3 Å². The predicted molar refractivity (Wildman–Crippen MR) is 87.1 cm³/mol. The van der Waals surface area contributed by atoms with Gasteiger partial charge in [0.15, 0.2) is 0 Å². The quantitative estimate of drug-likeness (QED) is 0.873. The zero-order valence-electron chi connectivity index (χ0n) is 14.1. The second-order valence-electron chi connectivity index (χ2n) is 6.96. The van der Waals surface area contributed by atoms with Crippen molar-refractivity contribution in [1.29, 1.82) is 0 Å². The average Bonchev–Trinajstić information content (AvgIpc) is 2.38. The summed E-state index contributed by atoms with van der Waals surface area (Å²) in [6.45, 7) is 9.23. The van der Waals surface area contributed by atoms with Crippen molar-refractivity contribution < 1.29 is 4.74 Å². The largest absolute Gasteiger partial charge is 0.376 e. The Labute approximate surface area is 127 Å². The van der Waals surface area contributed by atoms with E-state index in [9.17, 15) is 0 Å². The molecular weight excluding hydrogens is 264 g/mol. The van der Waals surface area contributed by atoms with Gasteiger partial charge in [0.1, 0.15) is 17.5 Å². The van der Waals surface area contributed by atoms with E-state index in [2.05, 4.69) is 36.4 Å². The van der Waals surface area contributed by atoms with Gasteiger partial charge in [0.2, 0.25) is 0 Å². The van der Waals surface area contributed by atoms with E-state index in [0.29, 0.717) is 0 Å². The number of rotatable bonds is 5. The Morgan fingerprint density at radius 3 is 2.24 bits per heavy atom. The summed E-state index contributed by atoms with van der Waals surface area (Å²) >= 11 is 0. The molecule has 0 aliphatic heterocycles. The first kappa shape index (κ1) is 16.0. The molecule has 0 spiro atoms. The molecule has 1 aromatic heterocycles. The summed E-state index contributed by atoms with van der Waals surface area (Å²) in [5.74, 6) is 2.64. The third-order valence-electron chi connectivity index (χ3n) is 4.33. The van der Waals surface area contributed by atoms with Crippen LogP contribution in [-0.2, 0) is 10.2 Å². The number of anilines is 2. The van der Waals surface area contributed by atoms with Gasteiger partial charge in [-0.2, -0.15) is 0 Å². The van der Waals surface area contributed by atoms with E-state index < -0.39 is 0 Å². The van der Waals surface area contributed by atoms with Crippen molar-refractivity contribution in [2.45, 2.75) is 58.0 Å². The molecule has 1 aromatic rings. The van der Waals surface area contributed by atoms with Crippen LogP contribution in [0.15, 0.2) is 0 Å². The molecule has 21 heavy (non-hydrogen) atoms. The van der Waals surface area contributed by atoms with Crippen LogP contribution in [0.1, 0.15) is 51.4 Å². The van der Waals surface area contributed by atoms with Gasteiger partial charge in [0.25, 0.3) is 0 Å². The molecule has 0 bridgehead atoms. The summed E-state index contributed by atoms with van der Waals surface area (Å²) in [6, 6.07) is 0. The van der Waals surface area contributed by atoms with Crippen molar-refractivity contribution in [3.05, 3.63) is 11.4 Å². The lowest BCUT2D eigenvalue weighted by Gasteiger charge is -2.40. The van der Waals surface area contributed by atoms with Gasteiger partial charge in [-0.25, -0.2) is 9.97 Å². The van der Waals surface area contributed by atoms with Gasteiger partial charge in [0, 0.05) is 31.7 Å². The second-order valence-corrected chi connectivity index (χ2v) is 6.96. The number of ether oxygens (including phenoxy) is 1. The lowest BCUT2D eigenvalue weighted by atomic mass is 9.80. The lowest BCUT2D eigenvalue weighted by molar-refractivity contribution is -0.0601. The Morgan fingerprint density at radius 2 is 1.81 bits per heavy atom. The normalized spacial score (nSPS) is 17.2. The van der Waals surface area contributed by atoms with Crippen LogP contribution in [0.2, 0.25) is 0 Å². The molecule has 5 nitrogen and oxygen atoms in total. The van der Waals surface area contributed by atoms with E-state index in [1.165, 1.54) is 6.42 Å². The van der Waals surface area contributed by atoms with Crippen LogP contribution in [-0.4, -0.2) is 36.3 Å². The minimum absolute atomic E-state index is 0.0148. The van der Waals surface area contributed by atoms with Gasteiger partial charge in [-0.1, -0.05) is 20.8 Å². The van der Waals surface area contributed by atoms with Crippen molar-refractivity contribution in [3.8, 4) is 0 Å². The van der Waals surface area contributed by atoms with E-state index in [1.54, 1.807) is 7.11 Å². The summed E-state index contributed by atoms with van der Waals surface area (Å²) in [6.07, 6.45) is 3.48. The van der Waals surface area contributed by atoms with E-state index in [1.807, 2.05) is 14.0 Å². The maximum Gasteiger partial charge on any atom is 0.138 e. The van der Waals surface area contributed by atoms with E-state index in [-0.39, 0.29) is 11.0 Å². The van der Waals surface area contributed by atoms with Crippen LogP contribution in [0, 0.1) is 6.92 Å². The predicted octanol–water partition coefficient (Wildman–Crippen LogP) is 3.11. The maximum absolute atomic E-state index is 5.67. The fourth-order valence-corrected chi connectivity index (χ4v) is 2.54. The molecule has 1 saturated carbocycles. The standard InChI is InChI=1S/C16H28N4O/c1-11-12(17-5)19-14(15(2,3)4)20-13(11)18-10-16(21-6)8-7-9-16/h7-10H2,1-6H3,(H2,17,18,19,20). The van der Waals surface area contributed by atoms with Crippen molar-refractivity contribution >= 4 is 11.6 Å². The van der Waals surface area contributed by atoms with Gasteiger partial charge in [0.05, 0.1) is 5.60 Å². The van der Waals surface area contributed by atoms with Gasteiger partial charge >= 0.3 is 0 Å². The van der Waals surface area contributed by atoms with Crippen LogP contribution in [0.3, 0.4) is 0 Å². The summed E-state index contributed by atoms with van der Waals surface area (Å²) in [7, 11) is 3.70. The molecule has 0 radical (unpaired) electrons. The highest BCUT2D eigenvalue weighted by molar-refractivity contribution is 5.57. The SMILES string of the molecule is CNc1nc(C(C)(C)C)nc(NCC2(OC)CCC2)c1C. The van der Waals surface area contributed by atoms with Crippen LogP contribution in [0.4, 0.5) is 11.6 Å². The molecule has 0 amide bonds. The molecule has 1 fully saturated rings. The minimum atomic E-state index is -0.0782. The Kier molecular flexibility index (Phi) is 4.42. The number of nitrogens with one attached hydrogen (secondary N) is 2. The molecule has 0 saturated heterocycles. The average molecular weight is 292 g/mol.